The Bertz CT molecular complexity index is 793. The molecule has 4 rings (SSSR count). The van der Waals surface area contributed by atoms with Crippen LogP contribution in [0.5, 0.6) is 11.5 Å². The van der Waals surface area contributed by atoms with Gasteiger partial charge in [-0.05, 0) is 24.3 Å². The summed E-state index contributed by atoms with van der Waals surface area (Å²) < 4.78 is 11.2. The van der Waals surface area contributed by atoms with Crippen molar-refractivity contribution < 1.29 is 14.3 Å². The molecule has 0 spiro atoms. The Morgan fingerprint density at radius 1 is 1.22 bits per heavy atom. The molecular formula is C17H15ClN2O3. The molecule has 1 atom stereocenters. The summed E-state index contributed by atoms with van der Waals surface area (Å²) in [5.41, 5.74) is 2.40. The lowest BCUT2D eigenvalue weighted by atomic mass is 10.0. The lowest BCUT2D eigenvalue weighted by Gasteiger charge is -2.37. The van der Waals surface area contributed by atoms with E-state index < -0.39 is 0 Å². The third-order valence-electron chi connectivity index (χ3n) is 4.12. The van der Waals surface area contributed by atoms with Crippen LogP contribution in [0.3, 0.4) is 0 Å². The van der Waals surface area contributed by atoms with E-state index in [1.165, 1.54) is 0 Å². The van der Waals surface area contributed by atoms with Gasteiger partial charge in [0.15, 0.2) is 11.5 Å². The maximum absolute atomic E-state index is 12.4. The van der Waals surface area contributed by atoms with E-state index in [1.807, 2.05) is 48.3 Å². The van der Waals surface area contributed by atoms with E-state index in [9.17, 15) is 4.79 Å². The van der Waals surface area contributed by atoms with Gasteiger partial charge in [-0.3, -0.25) is 4.79 Å². The maximum atomic E-state index is 12.4. The fraction of sp³-hybridized carbons (Fsp3) is 0.235. The first kappa shape index (κ1) is 14.2. The minimum Gasteiger partial charge on any atom is -0.486 e. The van der Waals surface area contributed by atoms with Gasteiger partial charge in [0.1, 0.15) is 19.4 Å². The summed E-state index contributed by atoms with van der Waals surface area (Å²) in [4.78, 5) is 14.4. The van der Waals surface area contributed by atoms with Gasteiger partial charge >= 0.3 is 0 Å². The van der Waals surface area contributed by atoms with Crippen molar-refractivity contribution >= 4 is 23.2 Å². The Morgan fingerprint density at radius 2 is 2.00 bits per heavy atom. The highest BCUT2D eigenvalue weighted by Crippen LogP contribution is 2.41. The number of para-hydroxylation sites is 1. The normalized spacial score (nSPS) is 19.1. The Balaban J connectivity index is 1.77. The van der Waals surface area contributed by atoms with Gasteiger partial charge in [-0.15, -0.1) is 0 Å². The van der Waals surface area contributed by atoms with Gasteiger partial charge < -0.3 is 19.7 Å². The van der Waals surface area contributed by atoms with E-state index in [1.54, 1.807) is 0 Å². The van der Waals surface area contributed by atoms with Gasteiger partial charge in [-0.1, -0.05) is 23.7 Å². The molecule has 0 saturated heterocycles. The number of carbonyl (C=O) groups is 1. The minimum absolute atomic E-state index is 0.102. The largest absolute Gasteiger partial charge is 0.486 e. The van der Waals surface area contributed by atoms with Crippen LogP contribution in [0, 0.1) is 0 Å². The Hall–Kier alpha value is -2.40. The van der Waals surface area contributed by atoms with Crippen LogP contribution in [0.4, 0.5) is 5.69 Å². The molecule has 0 aromatic heterocycles. The average molecular weight is 331 g/mol. The predicted molar refractivity (Wildman–Crippen MR) is 87.5 cm³/mol. The summed E-state index contributed by atoms with van der Waals surface area (Å²) in [5, 5.41) is 3.49. The van der Waals surface area contributed by atoms with Crippen LogP contribution in [0.1, 0.15) is 22.1 Å². The summed E-state index contributed by atoms with van der Waals surface area (Å²) in [6, 6.07) is 11.2. The maximum Gasteiger partial charge on any atom is 0.255 e. The molecule has 118 valence electrons. The number of benzene rings is 2. The van der Waals surface area contributed by atoms with Crippen molar-refractivity contribution in [2.24, 2.45) is 0 Å². The zero-order chi connectivity index (χ0) is 16.0. The zero-order valence-corrected chi connectivity index (χ0v) is 13.3. The summed E-state index contributed by atoms with van der Waals surface area (Å²) >= 11 is 6.31. The first-order valence-corrected chi connectivity index (χ1v) is 7.75. The molecule has 0 bridgehead atoms. The molecule has 0 saturated carbocycles. The standard InChI is InChI=1S/C17H15ClN2O3/c1-20-13-5-3-2-4-11(13)17(21)19-16(20)10-8-12(18)15-14(9-10)22-6-7-23-15/h2-5,8-9,16H,6-7H2,1H3,(H,19,21). The number of hydrogen-bond acceptors (Lipinski definition) is 4. The quantitative estimate of drug-likeness (QED) is 0.873. The van der Waals surface area contributed by atoms with E-state index in [0.29, 0.717) is 35.3 Å². The second-order valence-electron chi connectivity index (χ2n) is 5.53. The van der Waals surface area contributed by atoms with Gasteiger partial charge in [0, 0.05) is 12.6 Å². The topological polar surface area (TPSA) is 50.8 Å². The summed E-state index contributed by atoms with van der Waals surface area (Å²) in [7, 11) is 1.94. The molecule has 0 fully saturated rings. The van der Waals surface area contributed by atoms with Crippen LogP contribution in [0.2, 0.25) is 5.02 Å². The van der Waals surface area contributed by atoms with Crippen LogP contribution in [-0.2, 0) is 0 Å². The van der Waals surface area contributed by atoms with Crippen LogP contribution in [0.25, 0.3) is 0 Å². The fourth-order valence-electron chi connectivity index (χ4n) is 3.01. The number of fused-ring (bicyclic) bond motifs is 2. The van der Waals surface area contributed by atoms with E-state index in [-0.39, 0.29) is 12.1 Å². The average Bonchev–Trinajstić information content (AvgIpc) is 2.58. The molecule has 2 heterocycles. The van der Waals surface area contributed by atoms with Crippen molar-refractivity contribution in [1.82, 2.24) is 5.32 Å². The highest BCUT2D eigenvalue weighted by atomic mass is 35.5. The fourth-order valence-corrected chi connectivity index (χ4v) is 3.28. The van der Waals surface area contributed by atoms with Gasteiger partial charge in [-0.25, -0.2) is 0 Å². The monoisotopic (exact) mass is 330 g/mol. The molecule has 2 aliphatic rings. The van der Waals surface area contributed by atoms with E-state index in [0.717, 1.165) is 11.3 Å². The van der Waals surface area contributed by atoms with Crippen molar-refractivity contribution in [3.05, 3.63) is 52.5 Å². The molecule has 1 unspecified atom stereocenters. The van der Waals surface area contributed by atoms with E-state index >= 15 is 0 Å². The number of hydrogen-bond donors (Lipinski definition) is 1. The molecule has 1 N–H and O–H groups in total. The summed E-state index contributed by atoms with van der Waals surface area (Å²) in [5.74, 6) is 1.07. The number of halogens is 1. The lowest BCUT2D eigenvalue weighted by molar-refractivity contribution is 0.0928. The van der Waals surface area contributed by atoms with E-state index in [4.69, 9.17) is 21.1 Å². The van der Waals surface area contributed by atoms with Crippen LogP contribution < -0.4 is 19.7 Å². The molecular weight excluding hydrogens is 316 g/mol. The van der Waals surface area contributed by atoms with Gasteiger partial charge in [0.2, 0.25) is 0 Å². The van der Waals surface area contributed by atoms with Crippen LogP contribution >= 0.6 is 11.6 Å². The number of carbonyl (C=O) groups excluding carboxylic acids is 1. The highest BCUT2D eigenvalue weighted by Gasteiger charge is 2.30. The molecule has 2 aliphatic heterocycles. The van der Waals surface area contributed by atoms with Gasteiger partial charge in [-0.2, -0.15) is 0 Å². The third kappa shape index (κ3) is 2.28. The van der Waals surface area contributed by atoms with Crippen molar-refractivity contribution in [3.63, 3.8) is 0 Å². The second-order valence-corrected chi connectivity index (χ2v) is 5.94. The zero-order valence-electron chi connectivity index (χ0n) is 12.5. The second kappa shape index (κ2) is 5.35. The summed E-state index contributed by atoms with van der Waals surface area (Å²) in [6.45, 7) is 0.974. The Kier molecular flexibility index (Phi) is 3.31. The van der Waals surface area contributed by atoms with Crippen molar-refractivity contribution in [2.45, 2.75) is 6.17 Å². The molecule has 5 nitrogen and oxygen atoms in total. The van der Waals surface area contributed by atoms with Crippen molar-refractivity contribution in [1.29, 1.82) is 0 Å². The Labute approximate surface area is 138 Å². The molecule has 2 aromatic rings. The van der Waals surface area contributed by atoms with Crippen LogP contribution in [-0.4, -0.2) is 26.2 Å². The number of amides is 1. The first-order chi connectivity index (χ1) is 11.1. The smallest absolute Gasteiger partial charge is 0.255 e. The molecule has 1 amide bonds. The number of nitrogens with zero attached hydrogens (tertiary/aromatic N) is 1. The van der Waals surface area contributed by atoms with Crippen LogP contribution in [0.15, 0.2) is 36.4 Å². The summed E-state index contributed by atoms with van der Waals surface area (Å²) in [6.07, 6.45) is -0.314. The number of rotatable bonds is 1. The third-order valence-corrected chi connectivity index (χ3v) is 4.40. The first-order valence-electron chi connectivity index (χ1n) is 7.37. The number of nitrogens with one attached hydrogen (secondary N) is 1. The molecule has 23 heavy (non-hydrogen) atoms. The number of ether oxygens (including phenoxy) is 2. The Morgan fingerprint density at radius 3 is 2.87 bits per heavy atom. The molecule has 2 aromatic carbocycles. The molecule has 0 radical (unpaired) electrons. The highest BCUT2D eigenvalue weighted by molar-refractivity contribution is 6.32. The van der Waals surface area contributed by atoms with Gasteiger partial charge in [0.05, 0.1) is 16.3 Å². The SMILES string of the molecule is CN1c2ccccc2C(=O)NC1c1cc(Cl)c2c(c1)OCCO2. The lowest BCUT2D eigenvalue weighted by Crippen LogP contribution is -2.44. The molecule has 6 heteroatoms. The van der Waals surface area contributed by atoms with Crippen molar-refractivity contribution in [2.75, 3.05) is 25.2 Å². The minimum atomic E-state index is -0.314. The predicted octanol–water partition coefficient (Wildman–Crippen LogP) is 2.99. The van der Waals surface area contributed by atoms with Crippen molar-refractivity contribution in [3.8, 4) is 11.5 Å². The molecule has 0 aliphatic carbocycles. The van der Waals surface area contributed by atoms with Gasteiger partial charge in [0.25, 0.3) is 5.91 Å². The number of anilines is 1. The van der Waals surface area contributed by atoms with E-state index in [2.05, 4.69) is 5.32 Å².